The first-order chi connectivity index (χ1) is 21.7. The number of aromatic nitrogens is 3. The lowest BCUT2D eigenvalue weighted by molar-refractivity contribution is -0.182. The molecule has 0 saturated carbocycles. The van der Waals surface area contributed by atoms with E-state index in [0.29, 0.717) is 16.5 Å². The maximum atomic E-state index is 13.9. The minimum absolute atomic E-state index is 0.155. The van der Waals surface area contributed by atoms with Crippen LogP contribution in [0.4, 0.5) is 0 Å². The summed E-state index contributed by atoms with van der Waals surface area (Å²) in [5.41, 5.74) is -1.84. The standard InChI is InChI=1S/C35H37N3O8/c1-22(2)44-32(42)35(33(43)46-34(4,5)6,18-19-38-30(40)27-20-23(3)12-17-28(27)36-37-38)21-29(39)24-13-15-26(16-14-24)45-31(41)25-10-8-7-9-11-25/h7-17,20,22H,18-19,21H2,1-6H3. The number of ether oxygens (including phenoxy) is 3. The number of esters is 3. The van der Waals surface area contributed by atoms with E-state index in [-0.39, 0.29) is 24.3 Å². The number of Topliss-reactive ketones (excluding diaryl/α,β-unsaturated/α-hetero) is 1. The molecule has 3 aromatic carbocycles. The Morgan fingerprint density at radius 3 is 2.17 bits per heavy atom. The number of carbonyl (C=O) groups is 4. The highest BCUT2D eigenvalue weighted by molar-refractivity contribution is 6.07. The zero-order valence-electron chi connectivity index (χ0n) is 26.7. The summed E-state index contributed by atoms with van der Waals surface area (Å²) in [6.45, 7) is 9.77. The van der Waals surface area contributed by atoms with Crippen LogP contribution < -0.4 is 10.3 Å². The van der Waals surface area contributed by atoms with Crippen LogP contribution in [0.1, 0.15) is 73.7 Å². The van der Waals surface area contributed by atoms with Crippen molar-refractivity contribution in [2.75, 3.05) is 0 Å². The van der Waals surface area contributed by atoms with Crippen molar-refractivity contribution >= 4 is 34.6 Å². The average Bonchev–Trinajstić information content (AvgIpc) is 2.99. The Bertz CT molecular complexity index is 1810. The van der Waals surface area contributed by atoms with Crippen LogP contribution in [-0.2, 0) is 25.6 Å². The van der Waals surface area contributed by atoms with E-state index in [1.54, 1.807) is 77.1 Å². The minimum Gasteiger partial charge on any atom is -0.462 e. The van der Waals surface area contributed by atoms with Gasteiger partial charge >= 0.3 is 17.9 Å². The summed E-state index contributed by atoms with van der Waals surface area (Å²) in [7, 11) is 0. The number of fused-ring (bicyclic) bond motifs is 1. The van der Waals surface area contributed by atoms with E-state index in [1.165, 1.54) is 24.3 Å². The normalized spacial score (nSPS) is 12.8. The van der Waals surface area contributed by atoms with Crippen LogP contribution in [-0.4, -0.2) is 50.4 Å². The molecular weight excluding hydrogens is 590 g/mol. The molecule has 0 aliphatic heterocycles. The maximum Gasteiger partial charge on any atom is 0.343 e. The molecule has 0 amide bonds. The molecular formula is C35H37N3O8. The lowest BCUT2D eigenvalue weighted by Gasteiger charge is -2.33. The Labute approximate surface area is 266 Å². The first-order valence-corrected chi connectivity index (χ1v) is 14.9. The SMILES string of the molecule is Cc1ccc2nnn(CCC(CC(=O)c3ccc(OC(=O)c4ccccc4)cc3)(C(=O)OC(C)C)C(=O)OC(C)(C)C)c(=O)c2c1. The molecule has 4 rings (SSSR count). The van der Waals surface area contributed by atoms with Crippen molar-refractivity contribution < 1.29 is 33.4 Å². The van der Waals surface area contributed by atoms with Crippen LogP contribution in [0.25, 0.3) is 10.9 Å². The van der Waals surface area contributed by atoms with Crippen molar-refractivity contribution in [1.82, 2.24) is 15.0 Å². The van der Waals surface area contributed by atoms with E-state index in [0.717, 1.165) is 10.2 Å². The summed E-state index contributed by atoms with van der Waals surface area (Å²) in [5.74, 6) is -2.86. The van der Waals surface area contributed by atoms with E-state index < -0.39 is 52.8 Å². The largest absolute Gasteiger partial charge is 0.462 e. The maximum absolute atomic E-state index is 13.9. The van der Waals surface area contributed by atoms with E-state index >= 15 is 0 Å². The Hall–Kier alpha value is -5.19. The van der Waals surface area contributed by atoms with Crippen molar-refractivity contribution in [3.63, 3.8) is 0 Å². The van der Waals surface area contributed by atoms with Gasteiger partial charge in [-0.05, 0) is 96.5 Å². The van der Waals surface area contributed by atoms with Crippen LogP contribution in [0.5, 0.6) is 5.75 Å². The van der Waals surface area contributed by atoms with Gasteiger partial charge in [0.1, 0.15) is 16.9 Å². The third kappa shape index (κ3) is 8.09. The number of aryl methyl sites for hydroxylation is 2. The molecule has 0 N–H and O–H groups in total. The van der Waals surface area contributed by atoms with E-state index in [1.807, 2.05) is 13.0 Å². The van der Waals surface area contributed by atoms with Gasteiger partial charge in [-0.1, -0.05) is 35.0 Å². The molecule has 1 aromatic heterocycles. The Morgan fingerprint density at radius 2 is 1.54 bits per heavy atom. The van der Waals surface area contributed by atoms with Crippen molar-refractivity contribution in [1.29, 1.82) is 0 Å². The minimum atomic E-state index is -2.13. The molecule has 4 aromatic rings. The number of hydrogen-bond acceptors (Lipinski definition) is 10. The number of hydrogen-bond donors (Lipinski definition) is 0. The molecule has 0 radical (unpaired) electrons. The van der Waals surface area contributed by atoms with Crippen LogP contribution in [0.3, 0.4) is 0 Å². The highest BCUT2D eigenvalue weighted by Gasteiger charge is 2.52. The number of ketones is 1. The molecule has 11 heteroatoms. The molecule has 0 bridgehead atoms. The summed E-state index contributed by atoms with van der Waals surface area (Å²) in [4.78, 5) is 67.2. The van der Waals surface area contributed by atoms with Crippen molar-refractivity contribution in [3.05, 3.63) is 99.8 Å². The van der Waals surface area contributed by atoms with Crippen LogP contribution in [0.2, 0.25) is 0 Å². The van der Waals surface area contributed by atoms with Crippen molar-refractivity contribution in [2.24, 2.45) is 5.41 Å². The number of carbonyl (C=O) groups excluding carboxylic acids is 4. The fourth-order valence-corrected chi connectivity index (χ4v) is 4.68. The first-order valence-electron chi connectivity index (χ1n) is 14.9. The summed E-state index contributed by atoms with van der Waals surface area (Å²) in [6.07, 6.45) is -1.57. The molecule has 1 unspecified atom stereocenters. The molecule has 0 spiro atoms. The van der Waals surface area contributed by atoms with Gasteiger partial charge in [0.05, 0.1) is 17.1 Å². The Morgan fingerprint density at radius 1 is 0.870 bits per heavy atom. The summed E-state index contributed by atoms with van der Waals surface area (Å²) in [6, 6.07) is 19.4. The number of rotatable bonds is 11. The Kier molecular flexibility index (Phi) is 10.1. The zero-order chi connectivity index (χ0) is 33.6. The van der Waals surface area contributed by atoms with Crippen LogP contribution in [0, 0.1) is 12.3 Å². The van der Waals surface area contributed by atoms with Gasteiger partial charge in [0.15, 0.2) is 11.2 Å². The number of nitrogens with zero attached hydrogens (tertiary/aromatic N) is 3. The van der Waals surface area contributed by atoms with E-state index in [2.05, 4.69) is 10.3 Å². The topological polar surface area (TPSA) is 144 Å². The lowest BCUT2D eigenvalue weighted by atomic mass is 9.78. The summed E-state index contributed by atoms with van der Waals surface area (Å²) in [5, 5.41) is 8.45. The highest BCUT2D eigenvalue weighted by atomic mass is 16.6. The predicted octanol–water partition coefficient (Wildman–Crippen LogP) is 5.26. The van der Waals surface area contributed by atoms with Gasteiger partial charge in [-0.2, -0.15) is 0 Å². The number of benzene rings is 3. The summed E-state index contributed by atoms with van der Waals surface area (Å²) >= 11 is 0. The molecule has 1 atom stereocenters. The third-order valence-corrected chi connectivity index (χ3v) is 7.01. The van der Waals surface area contributed by atoms with Gasteiger partial charge in [-0.15, -0.1) is 5.10 Å². The molecule has 1 heterocycles. The third-order valence-electron chi connectivity index (χ3n) is 7.01. The molecule has 240 valence electrons. The molecule has 11 nitrogen and oxygen atoms in total. The second kappa shape index (κ2) is 13.8. The highest BCUT2D eigenvalue weighted by Crippen LogP contribution is 2.35. The first kappa shape index (κ1) is 33.7. The summed E-state index contributed by atoms with van der Waals surface area (Å²) < 4.78 is 17.7. The average molecular weight is 628 g/mol. The predicted molar refractivity (Wildman–Crippen MR) is 169 cm³/mol. The van der Waals surface area contributed by atoms with Gasteiger partial charge in [-0.3, -0.25) is 19.2 Å². The molecule has 0 saturated heterocycles. The molecule has 0 aliphatic carbocycles. The molecule has 0 fully saturated rings. The van der Waals surface area contributed by atoms with Gasteiger partial charge in [0, 0.05) is 18.5 Å². The van der Waals surface area contributed by atoms with E-state index in [9.17, 15) is 24.0 Å². The molecule has 0 aliphatic rings. The van der Waals surface area contributed by atoms with Gasteiger partial charge in [-0.25, -0.2) is 9.48 Å². The Balaban J connectivity index is 1.67. The second-order valence-electron chi connectivity index (χ2n) is 12.3. The lowest BCUT2D eigenvalue weighted by Crippen LogP contribution is -2.48. The molecule has 46 heavy (non-hydrogen) atoms. The van der Waals surface area contributed by atoms with Crippen LogP contribution >= 0.6 is 0 Å². The fraction of sp³-hybridized carbons (Fsp3) is 0.343. The smallest absolute Gasteiger partial charge is 0.343 e. The fourth-order valence-electron chi connectivity index (χ4n) is 4.68. The van der Waals surface area contributed by atoms with Gasteiger partial charge < -0.3 is 14.2 Å². The van der Waals surface area contributed by atoms with E-state index in [4.69, 9.17) is 14.2 Å². The zero-order valence-corrected chi connectivity index (χ0v) is 26.7. The van der Waals surface area contributed by atoms with Gasteiger partial charge in [0.2, 0.25) is 0 Å². The van der Waals surface area contributed by atoms with Crippen LogP contribution in [0.15, 0.2) is 77.6 Å². The van der Waals surface area contributed by atoms with Gasteiger partial charge in [0.25, 0.3) is 5.56 Å². The monoisotopic (exact) mass is 627 g/mol. The van der Waals surface area contributed by atoms with Crippen molar-refractivity contribution in [3.8, 4) is 5.75 Å². The second-order valence-corrected chi connectivity index (χ2v) is 12.3. The quantitative estimate of drug-likeness (QED) is 0.0934. The van der Waals surface area contributed by atoms with Crippen molar-refractivity contribution in [2.45, 2.75) is 72.6 Å².